The van der Waals surface area contributed by atoms with Crippen molar-refractivity contribution in [3.05, 3.63) is 64.7 Å². The van der Waals surface area contributed by atoms with Gasteiger partial charge in [-0.3, -0.25) is 4.79 Å². The number of carbonyl (C=O) groups is 1. The lowest BCUT2D eigenvalue weighted by atomic mass is 10.0. The number of likely N-dealkylation sites (N-methyl/N-ethyl adjacent to an activating group) is 1. The number of aliphatic hydroxyl groups excluding tert-OH is 1. The zero-order chi connectivity index (χ0) is 15.0. The maximum atomic E-state index is 12.1. The van der Waals surface area contributed by atoms with Crippen molar-refractivity contribution < 1.29 is 9.90 Å². The minimum Gasteiger partial charge on any atom is -0.364 e. The monoisotopic (exact) mass is 336 g/mol. The van der Waals surface area contributed by atoms with Crippen molar-refractivity contribution in [3.8, 4) is 0 Å². The summed E-state index contributed by atoms with van der Waals surface area (Å²) < 4.78 is 0. The van der Waals surface area contributed by atoms with Gasteiger partial charge in [0, 0.05) is 23.2 Å². The summed E-state index contributed by atoms with van der Waals surface area (Å²) in [6.45, 7) is 0. The molecule has 3 rings (SSSR count). The molecule has 0 spiro atoms. The summed E-state index contributed by atoms with van der Waals surface area (Å²) in [6.07, 6.45) is -1.42. The molecule has 114 valence electrons. The SMILES string of the molecule is CN1C(=O)C(O)N=C(c2ccccc2)c2cc(Cl)ccc21.Cl. The molecule has 0 saturated carbocycles. The Hall–Kier alpha value is -1.88. The average Bonchev–Trinajstić information content (AvgIpc) is 2.59. The minimum absolute atomic E-state index is 0. The van der Waals surface area contributed by atoms with Crippen LogP contribution in [0, 0.1) is 0 Å². The van der Waals surface area contributed by atoms with Crippen molar-refractivity contribution >= 4 is 41.3 Å². The van der Waals surface area contributed by atoms with Gasteiger partial charge in [-0.05, 0) is 18.2 Å². The highest BCUT2D eigenvalue weighted by Crippen LogP contribution is 2.29. The Balaban J connectivity index is 0.00000176. The first kappa shape index (κ1) is 16.5. The van der Waals surface area contributed by atoms with Crippen LogP contribution in [0.5, 0.6) is 0 Å². The lowest BCUT2D eigenvalue weighted by Crippen LogP contribution is -2.34. The van der Waals surface area contributed by atoms with Crippen LogP contribution < -0.4 is 4.90 Å². The molecule has 0 aliphatic carbocycles. The van der Waals surface area contributed by atoms with Crippen LogP contribution in [0.3, 0.4) is 0 Å². The zero-order valence-corrected chi connectivity index (χ0v) is 13.3. The topological polar surface area (TPSA) is 52.9 Å². The predicted octanol–water partition coefficient (Wildman–Crippen LogP) is 2.89. The third-order valence-corrected chi connectivity index (χ3v) is 3.66. The van der Waals surface area contributed by atoms with Crippen LogP contribution in [-0.4, -0.2) is 30.0 Å². The van der Waals surface area contributed by atoms with E-state index >= 15 is 0 Å². The first-order chi connectivity index (χ1) is 10.1. The van der Waals surface area contributed by atoms with Gasteiger partial charge in [-0.2, -0.15) is 0 Å². The number of hydrogen-bond acceptors (Lipinski definition) is 3. The number of benzodiazepines with no additional fused rings is 1. The van der Waals surface area contributed by atoms with Gasteiger partial charge in [0.25, 0.3) is 5.91 Å². The van der Waals surface area contributed by atoms with Crippen molar-refractivity contribution in [1.82, 2.24) is 0 Å². The van der Waals surface area contributed by atoms with Crippen LogP contribution in [0.1, 0.15) is 11.1 Å². The highest BCUT2D eigenvalue weighted by Gasteiger charge is 2.28. The number of aliphatic hydroxyl groups is 1. The Labute approximate surface area is 139 Å². The summed E-state index contributed by atoms with van der Waals surface area (Å²) in [6, 6.07) is 14.6. The van der Waals surface area contributed by atoms with Crippen LogP contribution >= 0.6 is 24.0 Å². The fourth-order valence-electron chi connectivity index (χ4n) is 2.36. The fourth-order valence-corrected chi connectivity index (χ4v) is 2.53. The van der Waals surface area contributed by atoms with Crippen molar-refractivity contribution in [3.63, 3.8) is 0 Å². The molecule has 1 aliphatic rings. The lowest BCUT2D eigenvalue weighted by molar-refractivity contribution is -0.125. The Morgan fingerprint density at radius 3 is 2.55 bits per heavy atom. The molecule has 0 fully saturated rings. The highest BCUT2D eigenvalue weighted by atomic mass is 35.5. The number of rotatable bonds is 1. The molecular weight excluding hydrogens is 323 g/mol. The molecule has 1 amide bonds. The molecule has 0 saturated heterocycles. The molecule has 1 atom stereocenters. The van der Waals surface area contributed by atoms with Gasteiger partial charge in [-0.15, -0.1) is 12.4 Å². The van der Waals surface area contributed by atoms with Crippen LogP contribution in [0.2, 0.25) is 5.02 Å². The smallest absolute Gasteiger partial charge is 0.278 e. The van der Waals surface area contributed by atoms with Gasteiger partial charge in [0.05, 0.1) is 11.4 Å². The van der Waals surface area contributed by atoms with E-state index in [9.17, 15) is 9.90 Å². The molecular formula is C16H14Cl2N2O2. The molecule has 4 nitrogen and oxygen atoms in total. The normalized spacial score (nSPS) is 17.2. The summed E-state index contributed by atoms with van der Waals surface area (Å²) in [5.41, 5.74) is 2.77. The summed E-state index contributed by atoms with van der Waals surface area (Å²) in [5, 5.41) is 10.5. The Morgan fingerprint density at radius 1 is 1.18 bits per heavy atom. The molecule has 0 aromatic heterocycles. The van der Waals surface area contributed by atoms with Gasteiger partial charge in [-0.1, -0.05) is 41.9 Å². The van der Waals surface area contributed by atoms with Crippen molar-refractivity contribution in [1.29, 1.82) is 0 Å². The number of amides is 1. The van der Waals surface area contributed by atoms with Crippen LogP contribution in [0.25, 0.3) is 0 Å². The van der Waals surface area contributed by atoms with Gasteiger partial charge in [0.1, 0.15) is 0 Å². The third kappa shape index (κ3) is 2.86. The number of benzene rings is 2. The molecule has 1 N–H and O–H groups in total. The molecule has 0 bridgehead atoms. The van der Waals surface area contributed by atoms with Gasteiger partial charge < -0.3 is 10.0 Å². The number of anilines is 1. The van der Waals surface area contributed by atoms with E-state index in [-0.39, 0.29) is 12.4 Å². The highest BCUT2D eigenvalue weighted by molar-refractivity contribution is 6.32. The van der Waals surface area contributed by atoms with E-state index in [0.29, 0.717) is 16.4 Å². The maximum Gasteiger partial charge on any atom is 0.278 e. The van der Waals surface area contributed by atoms with E-state index in [1.807, 2.05) is 30.3 Å². The lowest BCUT2D eigenvalue weighted by Gasteiger charge is -2.18. The average molecular weight is 337 g/mol. The second-order valence-electron chi connectivity index (χ2n) is 4.78. The number of hydrogen-bond donors (Lipinski definition) is 1. The summed E-state index contributed by atoms with van der Waals surface area (Å²) in [4.78, 5) is 17.7. The predicted molar refractivity (Wildman–Crippen MR) is 90.2 cm³/mol. The van der Waals surface area contributed by atoms with Crippen LogP contribution in [-0.2, 0) is 4.79 Å². The van der Waals surface area contributed by atoms with Crippen molar-refractivity contribution in [2.24, 2.45) is 4.99 Å². The standard InChI is InChI=1S/C16H13ClN2O2.ClH/c1-19-13-8-7-11(17)9-12(13)14(18-15(20)16(19)21)10-5-3-2-4-6-10;/h2-9,15,20H,1H3;1H. The molecule has 22 heavy (non-hydrogen) atoms. The fraction of sp³-hybridized carbons (Fsp3) is 0.125. The van der Waals surface area contributed by atoms with E-state index in [1.54, 1.807) is 25.2 Å². The molecule has 2 aromatic carbocycles. The summed E-state index contributed by atoms with van der Waals surface area (Å²) in [5.74, 6) is -0.468. The first-order valence-corrected chi connectivity index (χ1v) is 6.84. The quantitative estimate of drug-likeness (QED) is 0.870. The Kier molecular flexibility index (Phi) is 4.86. The van der Waals surface area contributed by atoms with Crippen molar-refractivity contribution in [2.45, 2.75) is 6.23 Å². The number of fused-ring (bicyclic) bond motifs is 1. The molecule has 0 radical (unpaired) electrons. The second-order valence-corrected chi connectivity index (χ2v) is 5.21. The number of carbonyl (C=O) groups excluding carboxylic acids is 1. The van der Waals surface area contributed by atoms with E-state index in [0.717, 1.165) is 11.1 Å². The Morgan fingerprint density at radius 2 is 1.86 bits per heavy atom. The molecule has 1 unspecified atom stereocenters. The van der Waals surface area contributed by atoms with Gasteiger partial charge in [0.2, 0.25) is 6.23 Å². The van der Waals surface area contributed by atoms with Crippen molar-refractivity contribution in [2.75, 3.05) is 11.9 Å². The largest absolute Gasteiger partial charge is 0.364 e. The first-order valence-electron chi connectivity index (χ1n) is 6.46. The van der Waals surface area contributed by atoms with E-state index in [1.165, 1.54) is 4.90 Å². The molecule has 1 heterocycles. The third-order valence-electron chi connectivity index (χ3n) is 3.43. The van der Waals surface area contributed by atoms with Gasteiger partial charge in [-0.25, -0.2) is 4.99 Å². The van der Waals surface area contributed by atoms with Crippen LogP contribution in [0.4, 0.5) is 5.69 Å². The van der Waals surface area contributed by atoms with E-state index < -0.39 is 12.1 Å². The number of nitrogens with zero attached hydrogens (tertiary/aromatic N) is 2. The van der Waals surface area contributed by atoms with Gasteiger partial charge in [0.15, 0.2) is 0 Å². The molecule has 6 heteroatoms. The molecule has 2 aromatic rings. The number of aliphatic imine (C=N–C) groups is 1. The van der Waals surface area contributed by atoms with E-state index in [4.69, 9.17) is 11.6 Å². The zero-order valence-electron chi connectivity index (χ0n) is 11.7. The molecule has 1 aliphatic heterocycles. The summed E-state index contributed by atoms with van der Waals surface area (Å²) in [7, 11) is 1.61. The maximum absolute atomic E-state index is 12.1. The summed E-state index contributed by atoms with van der Waals surface area (Å²) >= 11 is 6.08. The number of halogens is 2. The van der Waals surface area contributed by atoms with Crippen LogP contribution in [0.15, 0.2) is 53.5 Å². The second kappa shape index (κ2) is 6.48. The van der Waals surface area contributed by atoms with E-state index in [2.05, 4.69) is 4.99 Å². The van der Waals surface area contributed by atoms with Gasteiger partial charge >= 0.3 is 0 Å². The Bertz CT molecular complexity index is 732. The minimum atomic E-state index is -1.42.